The van der Waals surface area contributed by atoms with E-state index in [1.807, 2.05) is 0 Å². The van der Waals surface area contributed by atoms with Gasteiger partial charge in [0.15, 0.2) is 11.5 Å². The van der Waals surface area contributed by atoms with Crippen LogP contribution in [0.4, 0.5) is 0 Å². The van der Waals surface area contributed by atoms with Gasteiger partial charge < -0.3 is 10.2 Å². The molecule has 134 valence electrons. The molecular weight excluding hydrogens is 384 g/mol. The molecule has 0 atom stereocenters. The van der Waals surface area contributed by atoms with E-state index in [1.165, 1.54) is 30.3 Å². The molecule has 0 spiro atoms. The highest BCUT2D eigenvalue weighted by Gasteiger charge is 2.26. The second kappa shape index (κ2) is 4.95. The third-order valence-corrected chi connectivity index (χ3v) is 6.12. The third-order valence-electron chi connectivity index (χ3n) is 4.33. The molecule has 0 fully saturated rings. The van der Waals surface area contributed by atoms with Crippen LogP contribution in [0.2, 0.25) is 0 Å². The number of hydrogen-bond donors (Lipinski definition) is 4. The fraction of sp³-hybridized carbons (Fsp3) is 0. The van der Waals surface area contributed by atoms with Crippen molar-refractivity contribution in [3.63, 3.8) is 0 Å². The van der Waals surface area contributed by atoms with Crippen LogP contribution in [0.3, 0.4) is 0 Å². The molecule has 0 bridgehead atoms. The first-order chi connectivity index (χ1) is 12.0. The predicted molar refractivity (Wildman–Crippen MR) is 93.1 cm³/mol. The van der Waals surface area contributed by atoms with Crippen LogP contribution in [-0.2, 0) is 20.2 Å². The molecule has 4 rings (SSSR count). The standard InChI is InChI=1S/C16H10O8S2/c17-11-5-7-1-2-8-12(25(19,20)21)6-13(26(22,23)24)9-3-4-10(16(11)18)14(7)15(8)9/h1-6,17-18H,(H,19,20,21)(H,22,23,24). The van der Waals surface area contributed by atoms with Crippen molar-refractivity contribution < 1.29 is 36.2 Å². The van der Waals surface area contributed by atoms with Crippen LogP contribution in [0.15, 0.2) is 46.2 Å². The number of phenolic OH excluding ortho intramolecular Hbond substituents is 2. The molecule has 0 aromatic heterocycles. The molecule has 0 saturated heterocycles. The van der Waals surface area contributed by atoms with Crippen LogP contribution in [0.1, 0.15) is 0 Å². The Morgan fingerprint density at radius 3 is 1.69 bits per heavy atom. The molecule has 10 heteroatoms. The van der Waals surface area contributed by atoms with E-state index in [1.54, 1.807) is 0 Å². The zero-order valence-corrected chi connectivity index (χ0v) is 14.3. The summed E-state index contributed by atoms with van der Waals surface area (Å²) >= 11 is 0. The quantitative estimate of drug-likeness (QED) is 0.230. The molecule has 4 aromatic carbocycles. The number of aromatic hydroxyl groups is 2. The lowest BCUT2D eigenvalue weighted by Crippen LogP contribution is -2.06. The maximum absolute atomic E-state index is 11.8. The van der Waals surface area contributed by atoms with Gasteiger partial charge in [-0.1, -0.05) is 18.2 Å². The Balaban J connectivity index is 2.44. The van der Waals surface area contributed by atoms with E-state index in [0.717, 1.165) is 0 Å². The lowest BCUT2D eigenvalue weighted by atomic mass is 9.93. The van der Waals surface area contributed by atoms with Gasteiger partial charge in [0.2, 0.25) is 0 Å². The normalized spacial score (nSPS) is 13.2. The molecule has 0 aliphatic carbocycles. The monoisotopic (exact) mass is 394 g/mol. The van der Waals surface area contributed by atoms with E-state index in [-0.39, 0.29) is 26.9 Å². The zero-order chi connectivity index (χ0) is 19.0. The van der Waals surface area contributed by atoms with E-state index < -0.39 is 41.5 Å². The molecule has 0 radical (unpaired) electrons. The lowest BCUT2D eigenvalue weighted by molar-refractivity contribution is 0.408. The molecule has 4 aromatic rings. The number of benzene rings is 4. The highest BCUT2D eigenvalue weighted by Crippen LogP contribution is 2.45. The Morgan fingerprint density at radius 2 is 1.15 bits per heavy atom. The van der Waals surface area contributed by atoms with Gasteiger partial charge in [0.25, 0.3) is 20.2 Å². The first kappa shape index (κ1) is 16.8. The molecule has 0 aliphatic rings. The van der Waals surface area contributed by atoms with E-state index >= 15 is 0 Å². The molecular formula is C16H10O8S2. The van der Waals surface area contributed by atoms with Crippen LogP contribution in [0.5, 0.6) is 11.5 Å². The summed E-state index contributed by atoms with van der Waals surface area (Å²) in [5.41, 5.74) is 0. The van der Waals surface area contributed by atoms with Gasteiger partial charge in [0.1, 0.15) is 9.79 Å². The van der Waals surface area contributed by atoms with Crippen molar-refractivity contribution in [2.75, 3.05) is 0 Å². The van der Waals surface area contributed by atoms with Crippen molar-refractivity contribution in [1.29, 1.82) is 0 Å². The Morgan fingerprint density at radius 1 is 0.654 bits per heavy atom. The Hall–Kier alpha value is -2.66. The Kier molecular flexibility index (Phi) is 3.20. The first-order valence-corrected chi connectivity index (χ1v) is 9.99. The zero-order valence-electron chi connectivity index (χ0n) is 12.7. The first-order valence-electron chi connectivity index (χ1n) is 7.11. The van der Waals surface area contributed by atoms with Crippen LogP contribution in [0, 0.1) is 0 Å². The van der Waals surface area contributed by atoms with Gasteiger partial charge >= 0.3 is 0 Å². The van der Waals surface area contributed by atoms with Crippen LogP contribution >= 0.6 is 0 Å². The summed E-state index contributed by atoms with van der Waals surface area (Å²) < 4.78 is 66.1. The van der Waals surface area contributed by atoms with E-state index in [0.29, 0.717) is 11.5 Å². The van der Waals surface area contributed by atoms with Gasteiger partial charge in [0, 0.05) is 26.9 Å². The van der Waals surface area contributed by atoms with Crippen molar-refractivity contribution in [3.05, 3.63) is 36.4 Å². The number of phenols is 2. The summed E-state index contributed by atoms with van der Waals surface area (Å²) in [5.74, 6) is -0.863. The summed E-state index contributed by atoms with van der Waals surface area (Å²) in [6, 6.07) is 7.36. The SMILES string of the molecule is O=S(=O)(O)c1cc(S(=O)(=O)O)c2ccc3c(O)c(O)cc4ccc1c2c43. The second-order valence-electron chi connectivity index (χ2n) is 5.81. The Bertz CT molecular complexity index is 1380. The third kappa shape index (κ3) is 2.20. The largest absolute Gasteiger partial charge is 0.504 e. The second-order valence-corrected chi connectivity index (χ2v) is 8.59. The Labute approximate surface area is 146 Å². The van der Waals surface area contributed by atoms with Gasteiger partial charge in [-0.2, -0.15) is 16.8 Å². The highest BCUT2D eigenvalue weighted by atomic mass is 32.2. The fourth-order valence-electron chi connectivity index (χ4n) is 3.31. The van der Waals surface area contributed by atoms with Crippen LogP contribution in [0.25, 0.3) is 32.3 Å². The molecule has 8 nitrogen and oxygen atoms in total. The van der Waals surface area contributed by atoms with Gasteiger partial charge in [-0.25, -0.2) is 0 Å². The smallest absolute Gasteiger partial charge is 0.295 e. The average Bonchev–Trinajstić information content (AvgIpc) is 2.53. The van der Waals surface area contributed by atoms with Gasteiger partial charge in [0.05, 0.1) is 0 Å². The van der Waals surface area contributed by atoms with Gasteiger partial charge in [-0.05, 0) is 23.6 Å². The average molecular weight is 394 g/mol. The molecule has 0 aliphatic heterocycles. The fourth-order valence-corrected chi connectivity index (χ4v) is 4.81. The minimum absolute atomic E-state index is 0.0121. The van der Waals surface area contributed by atoms with Crippen molar-refractivity contribution in [2.24, 2.45) is 0 Å². The minimum atomic E-state index is -4.82. The van der Waals surface area contributed by atoms with Crippen molar-refractivity contribution in [2.45, 2.75) is 9.79 Å². The van der Waals surface area contributed by atoms with Crippen LogP contribution in [-0.4, -0.2) is 36.2 Å². The maximum Gasteiger partial charge on any atom is 0.295 e. The van der Waals surface area contributed by atoms with Crippen molar-refractivity contribution >= 4 is 52.6 Å². The summed E-state index contributed by atoms with van der Waals surface area (Å²) in [6.07, 6.45) is 0. The maximum atomic E-state index is 11.8. The summed E-state index contributed by atoms with van der Waals surface area (Å²) in [4.78, 5) is -1.39. The van der Waals surface area contributed by atoms with E-state index in [4.69, 9.17) is 0 Å². The van der Waals surface area contributed by atoms with Crippen molar-refractivity contribution in [1.82, 2.24) is 0 Å². The highest BCUT2D eigenvalue weighted by molar-refractivity contribution is 7.87. The molecule has 0 unspecified atom stereocenters. The molecule has 0 saturated carbocycles. The van der Waals surface area contributed by atoms with E-state index in [2.05, 4.69) is 0 Å². The molecule has 4 N–H and O–H groups in total. The van der Waals surface area contributed by atoms with Gasteiger partial charge in [-0.15, -0.1) is 0 Å². The minimum Gasteiger partial charge on any atom is -0.504 e. The van der Waals surface area contributed by atoms with Crippen LogP contribution < -0.4 is 0 Å². The summed E-state index contributed by atoms with van der Waals surface area (Å²) in [6.45, 7) is 0. The summed E-state index contributed by atoms with van der Waals surface area (Å²) in [7, 11) is -9.63. The number of rotatable bonds is 2. The van der Waals surface area contributed by atoms with E-state index in [9.17, 15) is 36.2 Å². The predicted octanol–water partition coefficient (Wildman–Crippen LogP) is 2.49. The van der Waals surface area contributed by atoms with Crippen molar-refractivity contribution in [3.8, 4) is 11.5 Å². The topological polar surface area (TPSA) is 149 Å². The molecule has 0 amide bonds. The number of hydrogen-bond acceptors (Lipinski definition) is 6. The molecule has 26 heavy (non-hydrogen) atoms. The lowest BCUT2D eigenvalue weighted by Gasteiger charge is -2.16. The van der Waals surface area contributed by atoms with Gasteiger partial charge in [-0.3, -0.25) is 9.11 Å². The molecule has 0 heterocycles. The summed E-state index contributed by atoms with van der Waals surface area (Å²) in [5, 5.41) is 20.9.